The van der Waals surface area contributed by atoms with Crippen molar-refractivity contribution in [2.45, 2.75) is 97.9 Å². The first-order valence-electron chi connectivity index (χ1n) is 12.1. The largest absolute Gasteiger partial charge is 0.444 e. The molecule has 0 saturated carbocycles. The molecule has 4 amide bonds. The Morgan fingerprint density at radius 2 is 1.78 bits per heavy atom. The standard InChI is InChI=1S/C27H40N4O5/c1-9-12-18(4)29-24(33)23(20-14-11-13-17(3)19(20)5)31(10-2)25(34)21(15-16-22(28)32)30-26(35)36-27(6,7)8/h2,11,13-14,18,21,23H,9,12,15-16H2,1,3-8H3,(H2,28,32)(H,29,33)(H,30,35). The number of ether oxygens (including phenoxy) is 1. The van der Waals surface area contributed by atoms with Crippen molar-refractivity contribution in [1.82, 2.24) is 15.5 Å². The van der Waals surface area contributed by atoms with Crippen LogP contribution in [0, 0.1) is 26.3 Å². The second-order valence-electron chi connectivity index (χ2n) is 9.93. The van der Waals surface area contributed by atoms with Crippen molar-refractivity contribution in [2.24, 2.45) is 5.73 Å². The number of rotatable bonds is 11. The molecule has 4 N–H and O–H groups in total. The number of carbonyl (C=O) groups is 4. The van der Waals surface area contributed by atoms with E-state index in [1.165, 1.54) is 0 Å². The summed E-state index contributed by atoms with van der Waals surface area (Å²) in [5, 5.41) is 5.43. The van der Waals surface area contributed by atoms with Gasteiger partial charge in [-0.3, -0.25) is 19.3 Å². The highest BCUT2D eigenvalue weighted by atomic mass is 16.6. The van der Waals surface area contributed by atoms with E-state index in [0.29, 0.717) is 5.56 Å². The Kier molecular flexibility index (Phi) is 11.5. The molecule has 0 fully saturated rings. The van der Waals surface area contributed by atoms with E-state index in [0.717, 1.165) is 28.9 Å². The lowest BCUT2D eigenvalue weighted by molar-refractivity contribution is -0.139. The molecular formula is C27H40N4O5. The summed E-state index contributed by atoms with van der Waals surface area (Å²) in [5.41, 5.74) is 6.77. The third-order valence-electron chi connectivity index (χ3n) is 5.60. The number of terminal acetylenes is 1. The van der Waals surface area contributed by atoms with E-state index in [2.05, 4.69) is 16.7 Å². The topological polar surface area (TPSA) is 131 Å². The van der Waals surface area contributed by atoms with Gasteiger partial charge in [0.15, 0.2) is 0 Å². The fourth-order valence-electron chi connectivity index (χ4n) is 3.72. The molecule has 1 aromatic rings. The quantitative estimate of drug-likeness (QED) is 0.317. The molecule has 3 atom stereocenters. The molecule has 3 unspecified atom stereocenters. The van der Waals surface area contributed by atoms with Crippen LogP contribution in [0.1, 0.15) is 83.0 Å². The Hall–Kier alpha value is -3.54. The molecule has 0 heterocycles. The average Bonchev–Trinajstić information content (AvgIpc) is 2.75. The summed E-state index contributed by atoms with van der Waals surface area (Å²) in [5.74, 6) is -1.82. The number of benzene rings is 1. The lowest BCUT2D eigenvalue weighted by Crippen LogP contribution is -2.52. The number of nitrogens with zero attached hydrogens (tertiary/aromatic N) is 1. The maximum Gasteiger partial charge on any atom is 0.408 e. The van der Waals surface area contributed by atoms with Gasteiger partial charge < -0.3 is 21.1 Å². The van der Waals surface area contributed by atoms with Crippen molar-refractivity contribution in [2.75, 3.05) is 0 Å². The number of hydrogen-bond donors (Lipinski definition) is 3. The zero-order valence-corrected chi connectivity index (χ0v) is 22.4. The molecule has 9 heteroatoms. The van der Waals surface area contributed by atoms with Crippen LogP contribution in [0.15, 0.2) is 18.2 Å². The summed E-state index contributed by atoms with van der Waals surface area (Å²) in [7, 11) is 0. The molecule has 0 aliphatic heterocycles. The molecule has 0 spiro atoms. The van der Waals surface area contributed by atoms with Crippen LogP contribution in [0.5, 0.6) is 0 Å². The van der Waals surface area contributed by atoms with Crippen molar-refractivity contribution in [1.29, 1.82) is 0 Å². The van der Waals surface area contributed by atoms with Crippen LogP contribution in [0.2, 0.25) is 0 Å². The lowest BCUT2D eigenvalue weighted by Gasteiger charge is -2.32. The van der Waals surface area contributed by atoms with Crippen LogP contribution in [0.25, 0.3) is 0 Å². The minimum atomic E-state index is -1.24. The van der Waals surface area contributed by atoms with Crippen LogP contribution in [-0.2, 0) is 19.1 Å². The fourth-order valence-corrected chi connectivity index (χ4v) is 3.72. The zero-order valence-electron chi connectivity index (χ0n) is 22.4. The normalized spacial score (nSPS) is 13.5. The number of nitrogens with one attached hydrogen (secondary N) is 2. The molecule has 0 aliphatic rings. The van der Waals surface area contributed by atoms with Gasteiger partial charge in [-0.05, 0) is 71.1 Å². The highest BCUT2D eigenvalue weighted by Gasteiger charge is 2.37. The second-order valence-corrected chi connectivity index (χ2v) is 9.93. The van der Waals surface area contributed by atoms with Crippen LogP contribution >= 0.6 is 0 Å². The van der Waals surface area contributed by atoms with Crippen LogP contribution in [0.3, 0.4) is 0 Å². The lowest BCUT2D eigenvalue weighted by atomic mass is 9.94. The van der Waals surface area contributed by atoms with Crippen molar-refractivity contribution in [3.05, 3.63) is 34.9 Å². The van der Waals surface area contributed by atoms with Gasteiger partial charge in [0.05, 0.1) is 0 Å². The Labute approximate surface area is 214 Å². The third-order valence-corrected chi connectivity index (χ3v) is 5.60. The van der Waals surface area contributed by atoms with Crippen molar-refractivity contribution < 1.29 is 23.9 Å². The maximum absolute atomic E-state index is 13.7. The summed E-state index contributed by atoms with van der Waals surface area (Å²) in [6.45, 7) is 12.7. The first-order valence-corrected chi connectivity index (χ1v) is 12.1. The van der Waals surface area contributed by atoms with Gasteiger partial charge in [-0.15, -0.1) is 0 Å². The van der Waals surface area contributed by atoms with E-state index < -0.39 is 41.5 Å². The molecule has 0 radical (unpaired) electrons. The molecule has 198 valence electrons. The van der Waals surface area contributed by atoms with E-state index in [1.807, 2.05) is 33.8 Å². The number of carbonyl (C=O) groups excluding carboxylic acids is 4. The van der Waals surface area contributed by atoms with Crippen molar-refractivity contribution in [3.8, 4) is 12.5 Å². The van der Waals surface area contributed by atoms with Gasteiger partial charge in [-0.25, -0.2) is 4.79 Å². The Morgan fingerprint density at radius 1 is 1.14 bits per heavy atom. The highest BCUT2D eigenvalue weighted by molar-refractivity contribution is 5.94. The van der Waals surface area contributed by atoms with Gasteiger partial charge in [0.25, 0.3) is 5.91 Å². The number of aryl methyl sites for hydroxylation is 1. The summed E-state index contributed by atoms with van der Waals surface area (Å²) in [6.07, 6.45) is 6.25. The molecule has 9 nitrogen and oxygen atoms in total. The number of nitrogens with two attached hydrogens (primary N) is 1. The average molecular weight is 501 g/mol. The first-order chi connectivity index (χ1) is 16.7. The van der Waals surface area contributed by atoms with Crippen LogP contribution in [-0.4, -0.2) is 46.4 Å². The van der Waals surface area contributed by atoms with E-state index in [-0.39, 0.29) is 18.9 Å². The monoisotopic (exact) mass is 500 g/mol. The van der Waals surface area contributed by atoms with Crippen LogP contribution in [0.4, 0.5) is 4.79 Å². The summed E-state index contributed by atoms with van der Waals surface area (Å²) >= 11 is 0. The van der Waals surface area contributed by atoms with Crippen molar-refractivity contribution in [3.63, 3.8) is 0 Å². The fraction of sp³-hybridized carbons (Fsp3) is 0.556. The minimum absolute atomic E-state index is 0.112. The smallest absolute Gasteiger partial charge is 0.408 e. The predicted molar refractivity (Wildman–Crippen MR) is 138 cm³/mol. The Bertz CT molecular complexity index is 993. The van der Waals surface area contributed by atoms with Gasteiger partial charge in [0.2, 0.25) is 11.8 Å². The van der Waals surface area contributed by atoms with Crippen LogP contribution < -0.4 is 16.4 Å². The summed E-state index contributed by atoms with van der Waals surface area (Å²) < 4.78 is 5.28. The number of primary amides is 1. The maximum atomic E-state index is 13.7. The molecule has 0 saturated heterocycles. The summed E-state index contributed by atoms with van der Waals surface area (Å²) in [4.78, 5) is 52.1. The predicted octanol–water partition coefficient (Wildman–Crippen LogP) is 3.23. The molecule has 36 heavy (non-hydrogen) atoms. The Morgan fingerprint density at radius 3 is 2.31 bits per heavy atom. The van der Waals surface area contributed by atoms with Gasteiger partial charge in [0, 0.05) is 18.5 Å². The molecule has 0 aromatic heterocycles. The molecule has 0 bridgehead atoms. The number of hydrogen-bond acceptors (Lipinski definition) is 5. The molecular weight excluding hydrogens is 460 g/mol. The van der Waals surface area contributed by atoms with E-state index in [9.17, 15) is 19.2 Å². The molecule has 1 rings (SSSR count). The zero-order chi connectivity index (χ0) is 27.6. The van der Waals surface area contributed by atoms with Gasteiger partial charge >= 0.3 is 6.09 Å². The van der Waals surface area contributed by atoms with E-state index >= 15 is 0 Å². The molecule has 1 aromatic carbocycles. The van der Waals surface area contributed by atoms with Gasteiger partial charge in [-0.2, -0.15) is 0 Å². The highest BCUT2D eigenvalue weighted by Crippen LogP contribution is 2.27. The summed E-state index contributed by atoms with van der Waals surface area (Å²) in [6, 6.07) is 5.23. The van der Waals surface area contributed by atoms with E-state index in [4.69, 9.17) is 16.9 Å². The molecule has 0 aliphatic carbocycles. The second kappa shape index (κ2) is 13.5. The van der Waals surface area contributed by atoms with E-state index in [1.54, 1.807) is 32.9 Å². The SMILES string of the molecule is C#CN(C(=O)C(CCC(N)=O)NC(=O)OC(C)(C)C)C(C(=O)NC(C)CCC)c1cccc(C)c1C. The van der Waals surface area contributed by atoms with Crippen molar-refractivity contribution >= 4 is 23.8 Å². The number of alkyl carbamates (subject to hydrolysis) is 1. The first kappa shape index (κ1) is 30.5. The van der Waals surface area contributed by atoms with Gasteiger partial charge in [0.1, 0.15) is 17.7 Å². The number of amides is 4. The Balaban J connectivity index is 3.47. The minimum Gasteiger partial charge on any atom is -0.444 e. The third kappa shape index (κ3) is 9.25. The van der Waals surface area contributed by atoms with Gasteiger partial charge in [-0.1, -0.05) is 38.0 Å².